The largest absolute Gasteiger partial charge is 0.454 e. The van der Waals surface area contributed by atoms with Crippen LogP contribution in [-0.2, 0) is 6.54 Å². The highest BCUT2D eigenvalue weighted by Gasteiger charge is 2.37. The molecule has 2 heterocycles. The SMILES string of the molecule is Ic1ccc(CNCC2(N3CCCCC3)CCCCC2)o1. The first-order chi connectivity index (χ1) is 10.3. The van der Waals surface area contributed by atoms with Crippen LogP contribution in [0.2, 0.25) is 0 Å². The number of nitrogens with one attached hydrogen (secondary N) is 1. The lowest BCUT2D eigenvalue weighted by molar-refractivity contribution is 0.0330. The summed E-state index contributed by atoms with van der Waals surface area (Å²) >= 11 is 2.23. The van der Waals surface area contributed by atoms with Gasteiger partial charge in [0.1, 0.15) is 5.76 Å². The molecule has 0 bridgehead atoms. The summed E-state index contributed by atoms with van der Waals surface area (Å²) < 4.78 is 6.64. The average Bonchev–Trinajstić information content (AvgIpc) is 2.95. The van der Waals surface area contributed by atoms with Crippen molar-refractivity contribution in [1.29, 1.82) is 0 Å². The van der Waals surface area contributed by atoms with Crippen LogP contribution in [0.25, 0.3) is 0 Å². The second-order valence-electron chi connectivity index (χ2n) is 6.64. The van der Waals surface area contributed by atoms with Crippen LogP contribution in [0.1, 0.15) is 57.1 Å². The molecule has 1 aliphatic heterocycles. The standard InChI is InChI=1S/C17H27IN2O/c18-16-8-7-15(21-16)13-19-14-17(9-3-1-4-10-17)20-11-5-2-6-12-20/h7-8,19H,1-6,9-14H2. The van der Waals surface area contributed by atoms with E-state index in [-0.39, 0.29) is 0 Å². The van der Waals surface area contributed by atoms with Crippen molar-refractivity contribution in [3.63, 3.8) is 0 Å². The van der Waals surface area contributed by atoms with Crippen LogP contribution in [0.5, 0.6) is 0 Å². The Bertz CT molecular complexity index is 434. The lowest BCUT2D eigenvalue weighted by Crippen LogP contribution is -2.57. The molecule has 0 unspecified atom stereocenters. The van der Waals surface area contributed by atoms with Gasteiger partial charge in [-0.25, -0.2) is 0 Å². The molecule has 3 rings (SSSR count). The molecule has 0 spiro atoms. The Balaban J connectivity index is 1.59. The summed E-state index contributed by atoms with van der Waals surface area (Å²) in [5.74, 6) is 1.06. The Morgan fingerprint density at radius 2 is 1.76 bits per heavy atom. The van der Waals surface area contributed by atoms with Crippen LogP contribution in [0.3, 0.4) is 0 Å². The third-order valence-corrected chi connectivity index (χ3v) is 5.77. The van der Waals surface area contributed by atoms with E-state index in [4.69, 9.17) is 4.42 Å². The summed E-state index contributed by atoms with van der Waals surface area (Å²) in [6, 6.07) is 4.13. The lowest BCUT2D eigenvalue weighted by Gasteiger charge is -2.48. The van der Waals surface area contributed by atoms with Crippen LogP contribution in [0.15, 0.2) is 16.5 Å². The number of hydrogen-bond acceptors (Lipinski definition) is 3. The van der Waals surface area contributed by atoms with E-state index in [2.05, 4.69) is 38.9 Å². The van der Waals surface area contributed by atoms with Crippen molar-refractivity contribution in [1.82, 2.24) is 10.2 Å². The summed E-state index contributed by atoms with van der Waals surface area (Å²) in [6.07, 6.45) is 11.2. The molecule has 21 heavy (non-hydrogen) atoms. The zero-order chi connectivity index (χ0) is 14.5. The molecule has 1 aliphatic carbocycles. The van der Waals surface area contributed by atoms with Crippen molar-refractivity contribution in [2.75, 3.05) is 19.6 Å². The van der Waals surface area contributed by atoms with E-state index in [0.29, 0.717) is 5.54 Å². The Morgan fingerprint density at radius 3 is 2.43 bits per heavy atom. The van der Waals surface area contributed by atoms with Gasteiger partial charge in [-0.05, 0) is 73.5 Å². The molecule has 0 amide bonds. The van der Waals surface area contributed by atoms with Gasteiger partial charge in [0, 0.05) is 12.1 Å². The average molecular weight is 402 g/mol. The van der Waals surface area contributed by atoms with E-state index in [9.17, 15) is 0 Å². The third-order valence-electron chi connectivity index (χ3n) is 5.19. The molecule has 4 heteroatoms. The highest BCUT2D eigenvalue weighted by molar-refractivity contribution is 14.1. The van der Waals surface area contributed by atoms with E-state index in [1.807, 2.05) is 6.07 Å². The van der Waals surface area contributed by atoms with Crippen molar-refractivity contribution in [3.8, 4) is 0 Å². The number of likely N-dealkylation sites (tertiary alicyclic amines) is 1. The fourth-order valence-corrected chi connectivity index (χ4v) is 4.51. The second-order valence-corrected chi connectivity index (χ2v) is 7.71. The molecule has 2 fully saturated rings. The van der Waals surface area contributed by atoms with E-state index >= 15 is 0 Å². The quantitative estimate of drug-likeness (QED) is 0.750. The number of halogens is 1. The highest BCUT2D eigenvalue weighted by atomic mass is 127. The Morgan fingerprint density at radius 1 is 1.05 bits per heavy atom. The van der Waals surface area contributed by atoms with Crippen LogP contribution >= 0.6 is 22.6 Å². The van der Waals surface area contributed by atoms with Gasteiger partial charge in [0.25, 0.3) is 0 Å². The monoisotopic (exact) mass is 402 g/mol. The molecule has 1 N–H and O–H groups in total. The molecule has 1 saturated heterocycles. The van der Waals surface area contributed by atoms with E-state index in [1.54, 1.807) is 0 Å². The minimum atomic E-state index is 0.415. The molecule has 1 aromatic rings. The topological polar surface area (TPSA) is 28.4 Å². The summed E-state index contributed by atoms with van der Waals surface area (Å²) in [5, 5.41) is 3.68. The number of rotatable bonds is 5. The molecule has 3 nitrogen and oxygen atoms in total. The molecule has 1 saturated carbocycles. The number of hydrogen-bond donors (Lipinski definition) is 1. The number of furan rings is 1. The Labute approximate surface area is 142 Å². The smallest absolute Gasteiger partial charge is 0.164 e. The molecular formula is C17H27IN2O. The maximum atomic E-state index is 5.66. The summed E-state index contributed by atoms with van der Waals surface area (Å²) in [4.78, 5) is 2.80. The summed E-state index contributed by atoms with van der Waals surface area (Å²) in [5.41, 5.74) is 0.415. The zero-order valence-corrected chi connectivity index (χ0v) is 15.0. The summed E-state index contributed by atoms with van der Waals surface area (Å²) in [6.45, 7) is 4.59. The maximum absolute atomic E-state index is 5.66. The minimum absolute atomic E-state index is 0.415. The second kappa shape index (κ2) is 7.47. The van der Waals surface area contributed by atoms with Crippen molar-refractivity contribution in [2.45, 2.75) is 63.5 Å². The van der Waals surface area contributed by atoms with Gasteiger partial charge < -0.3 is 9.73 Å². The lowest BCUT2D eigenvalue weighted by atomic mass is 9.79. The van der Waals surface area contributed by atoms with Gasteiger partial charge in [-0.3, -0.25) is 4.90 Å². The van der Waals surface area contributed by atoms with Gasteiger partial charge in [-0.15, -0.1) is 0 Å². The highest BCUT2D eigenvalue weighted by Crippen LogP contribution is 2.35. The summed E-state index contributed by atoms with van der Waals surface area (Å²) in [7, 11) is 0. The molecule has 1 aromatic heterocycles. The van der Waals surface area contributed by atoms with E-state index in [0.717, 1.165) is 22.6 Å². The number of nitrogens with zero attached hydrogens (tertiary/aromatic N) is 1. The molecule has 2 aliphatic rings. The van der Waals surface area contributed by atoms with Crippen LogP contribution < -0.4 is 5.32 Å². The molecule has 0 atom stereocenters. The van der Waals surface area contributed by atoms with Gasteiger partial charge in [0.2, 0.25) is 0 Å². The first-order valence-electron chi connectivity index (χ1n) is 8.49. The Kier molecular flexibility index (Phi) is 5.62. The normalized spacial score (nSPS) is 23.3. The van der Waals surface area contributed by atoms with E-state index in [1.165, 1.54) is 64.5 Å². The first kappa shape index (κ1) is 15.8. The molecule has 118 valence electrons. The molecular weight excluding hydrogens is 375 g/mol. The predicted molar refractivity (Wildman–Crippen MR) is 94.4 cm³/mol. The molecule has 0 radical (unpaired) electrons. The first-order valence-corrected chi connectivity index (χ1v) is 9.56. The van der Waals surface area contributed by atoms with Crippen molar-refractivity contribution < 1.29 is 4.42 Å². The third kappa shape index (κ3) is 4.02. The zero-order valence-electron chi connectivity index (χ0n) is 12.9. The van der Waals surface area contributed by atoms with Crippen LogP contribution in [-0.4, -0.2) is 30.1 Å². The molecule has 0 aromatic carbocycles. The van der Waals surface area contributed by atoms with Gasteiger partial charge in [0.05, 0.1) is 6.54 Å². The fourth-order valence-electron chi connectivity index (χ4n) is 4.05. The van der Waals surface area contributed by atoms with Gasteiger partial charge in [-0.2, -0.15) is 0 Å². The van der Waals surface area contributed by atoms with Crippen LogP contribution in [0.4, 0.5) is 0 Å². The number of piperidine rings is 1. The maximum Gasteiger partial charge on any atom is 0.164 e. The fraction of sp³-hybridized carbons (Fsp3) is 0.765. The van der Waals surface area contributed by atoms with Crippen molar-refractivity contribution in [3.05, 3.63) is 21.7 Å². The van der Waals surface area contributed by atoms with E-state index < -0.39 is 0 Å². The van der Waals surface area contributed by atoms with Crippen molar-refractivity contribution in [2.24, 2.45) is 0 Å². The van der Waals surface area contributed by atoms with Gasteiger partial charge in [-0.1, -0.05) is 25.7 Å². The van der Waals surface area contributed by atoms with Gasteiger partial charge >= 0.3 is 0 Å². The Hall–Kier alpha value is -0.0700. The van der Waals surface area contributed by atoms with Crippen molar-refractivity contribution >= 4 is 22.6 Å². The van der Waals surface area contributed by atoms with Crippen LogP contribution in [0, 0.1) is 3.77 Å². The predicted octanol–water partition coefficient (Wildman–Crippen LogP) is 4.16. The minimum Gasteiger partial charge on any atom is -0.454 e. The van der Waals surface area contributed by atoms with Gasteiger partial charge in [0.15, 0.2) is 3.77 Å².